The lowest BCUT2D eigenvalue weighted by atomic mass is 10.1. The first-order valence-electron chi connectivity index (χ1n) is 5.35. The molecule has 0 spiro atoms. The quantitative estimate of drug-likeness (QED) is 0.670. The fraction of sp³-hybridized carbons (Fsp3) is 0.500. The van der Waals surface area contributed by atoms with Crippen LogP contribution in [0.1, 0.15) is 30.9 Å². The van der Waals surface area contributed by atoms with Crippen LogP contribution in [0.25, 0.3) is 0 Å². The van der Waals surface area contributed by atoms with Crippen LogP contribution in [0.3, 0.4) is 0 Å². The number of aryl methyl sites for hydroxylation is 2. The molecule has 0 unspecified atom stereocenters. The van der Waals surface area contributed by atoms with E-state index in [9.17, 15) is 0 Å². The van der Waals surface area contributed by atoms with Gasteiger partial charge in [0.15, 0.2) is 0 Å². The van der Waals surface area contributed by atoms with E-state index in [1.54, 1.807) is 0 Å². The lowest BCUT2D eigenvalue weighted by Gasteiger charge is -1.98. The minimum absolute atomic E-state index is 0.819. The average molecular weight is 192 g/mol. The highest BCUT2D eigenvalue weighted by Crippen LogP contribution is 2.23. The van der Waals surface area contributed by atoms with Gasteiger partial charge in [0.1, 0.15) is 0 Å². The maximum atomic E-state index is 5.63. The highest BCUT2D eigenvalue weighted by molar-refractivity contribution is 5.46. The summed E-state index contributed by atoms with van der Waals surface area (Å²) < 4.78 is 0. The van der Waals surface area contributed by atoms with Gasteiger partial charge in [0.05, 0.1) is 0 Å². The fourth-order valence-electron chi connectivity index (χ4n) is 1.59. The minimum atomic E-state index is 0.819. The zero-order valence-electron chi connectivity index (χ0n) is 8.92. The second kappa shape index (κ2) is 5.66. The number of hydrogen-bond donors (Lipinski definition) is 2. The van der Waals surface area contributed by atoms with Crippen LogP contribution < -0.4 is 11.5 Å². The van der Waals surface area contributed by atoms with E-state index < -0.39 is 0 Å². The number of nitrogen functional groups attached to an aromatic ring is 1. The van der Waals surface area contributed by atoms with Crippen LogP contribution in [0.5, 0.6) is 0 Å². The Morgan fingerprint density at radius 2 is 1.86 bits per heavy atom. The maximum absolute atomic E-state index is 5.63. The van der Waals surface area contributed by atoms with Gasteiger partial charge < -0.3 is 11.5 Å². The molecule has 0 saturated carbocycles. The molecule has 2 nitrogen and oxygen atoms in total. The molecule has 0 bridgehead atoms. The number of benzene rings is 1. The molecule has 1 aliphatic carbocycles. The van der Waals surface area contributed by atoms with Crippen LogP contribution in [-0.4, -0.2) is 6.54 Å². The number of anilines is 1. The Labute approximate surface area is 86.3 Å². The molecule has 0 amide bonds. The Balaban J connectivity index is 0.000000213. The molecular weight excluding hydrogens is 172 g/mol. The van der Waals surface area contributed by atoms with Crippen molar-refractivity contribution < 1.29 is 0 Å². The summed E-state index contributed by atoms with van der Waals surface area (Å²) in [7, 11) is 0. The van der Waals surface area contributed by atoms with Crippen LogP contribution >= 0.6 is 0 Å². The van der Waals surface area contributed by atoms with Crippen molar-refractivity contribution in [2.45, 2.75) is 32.6 Å². The van der Waals surface area contributed by atoms with E-state index in [4.69, 9.17) is 11.5 Å². The highest BCUT2D eigenvalue weighted by Gasteiger charge is 2.09. The molecule has 0 radical (unpaired) electrons. The molecule has 0 saturated heterocycles. The number of hydrogen-bond acceptors (Lipinski definition) is 2. The van der Waals surface area contributed by atoms with Crippen molar-refractivity contribution in [2.24, 2.45) is 5.73 Å². The normalized spacial score (nSPS) is 13.0. The largest absolute Gasteiger partial charge is 0.399 e. The van der Waals surface area contributed by atoms with Crippen LogP contribution in [-0.2, 0) is 12.8 Å². The van der Waals surface area contributed by atoms with Gasteiger partial charge in [-0.25, -0.2) is 0 Å². The summed E-state index contributed by atoms with van der Waals surface area (Å²) in [6.07, 6.45) is 4.87. The first-order valence-corrected chi connectivity index (χ1v) is 5.35. The summed E-state index contributed by atoms with van der Waals surface area (Å²) in [5, 5.41) is 0. The SMILES string of the molecule is CCCN.Nc1ccc2c(c1)CCC2. The Morgan fingerprint density at radius 3 is 2.50 bits per heavy atom. The molecule has 0 aromatic heterocycles. The topological polar surface area (TPSA) is 52.0 Å². The van der Waals surface area contributed by atoms with E-state index in [0.717, 1.165) is 18.7 Å². The van der Waals surface area contributed by atoms with Crippen molar-refractivity contribution in [3.8, 4) is 0 Å². The van der Waals surface area contributed by atoms with Gasteiger partial charge in [-0.15, -0.1) is 0 Å². The Morgan fingerprint density at radius 1 is 1.21 bits per heavy atom. The molecule has 1 aliphatic rings. The monoisotopic (exact) mass is 192 g/mol. The standard InChI is InChI=1S/C9H11N.C3H9N/c10-9-5-4-7-2-1-3-8(7)6-9;1-2-3-4/h4-6H,1-3,10H2;2-4H2,1H3. The summed E-state index contributed by atoms with van der Waals surface area (Å²) in [5.41, 5.74) is 14.5. The van der Waals surface area contributed by atoms with Crippen molar-refractivity contribution >= 4 is 5.69 Å². The summed E-state index contributed by atoms with van der Waals surface area (Å²) in [5.74, 6) is 0. The van der Waals surface area contributed by atoms with Gasteiger partial charge in [0, 0.05) is 5.69 Å². The number of fused-ring (bicyclic) bond motifs is 1. The van der Waals surface area contributed by atoms with E-state index in [-0.39, 0.29) is 0 Å². The third-order valence-corrected chi connectivity index (χ3v) is 2.41. The van der Waals surface area contributed by atoms with Gasteiger partial charge in [-0.2, -0.15) is 0 Å². The van der Waals surface area contributed by atoms with Crippen LogP contribution in [0.4, 0.5) is 5.69 Å². The highest BCUT2D eigenvalue weighted by atomic mass is 14.5. The molecule has 78 valence electrons. The summed E-state index contributed by atoms with van der Waals surface area (Å²) in [6.45, 7) is 2.88. The van der Waals surface area contributed by atoms with Gasteiger partial charge in [-0.3, -0.25) is 0 Å². The summed E-state index contributed by atoms with van der Waals surface area (Å²) >= 11 is 0. The first kappa shape index (κ1) is 11.1. The molecule has 2 heteroatoms. The molecule has 2 rings (SSSR count). The maximum Gasteiger partial charge on any atom is 0.0316 e. The van der Waals surface area contributed by atoms with E-state index in [2.05, 4.69) is 19.1 Å². The number of rotatable bonds is 1. The molecule has 4 N–H and O–H groups in total. The van der Waals surface area contributed by atoms with Gasteiger partial charge in [-0.1, -0.05) is 13.0 Å². The smallest absolute Gasteiger partial charge is 0.0316 e. The van der Waals surface area contributed by atoms with Crippen molar-refractivity contribution in [3.05, 3.63) is 29.3 Å². The Bertz CT molecular complexity index is 280. The van der Waals surface area contributed by atoms with Gasteiger partial charge >= 0.3 is 0 Å². The first-order chi connectivity index (χ1) is 6.77. The van der Waals surface area contributed by atoms with Crippen molar-refractivity contribution in [3.63, 3.8) is 0 Å². The average Bonchev–Trinajstić information content (AvgIpc) is 2.65. The lowest BCUT2D eigenvalue weighted by molar-refractivity contribution is 0.912. The second-order valence-corrected chi connectivity index (χ2v) is 3.67. The lowest BCUT2D eigenvalue weighted by Crippen LogP contribution is -1.93. The van der Waals surface area contributed by atoms with Crippen LogP contribution in [0, 0.1) is 0 Å². The van der Waals surface area contributed by atoms with E-state index in [0.29, 0.717) is 0 Å². The molecule has 0 fully saturated rings. The summed E-state index contributed by atoms with van der Waals surface area (Å²) in [4.78, 5) is 0. The predicted molar refractivity (Wildman–Crippen MR) is 62.2 cm³/mol. The zero-order chi connectivity index (χ0) is 10.4. The summed E-state index contributed by atoms with van der Waals surface area (Å²) in [6, 6.07) is 6.24. The van der Waals surface area contributed by atoms with Gasteiger partial charge in [0.2, 0.25) is 0 Å². The molecule has 0 atom stereocenters. The molecule has 0 aliphatic heterocycles. The van der Waals surface area contributed by atoms with Crippen molar-refractivity contribution in [1.82, 2.24) is 0 Å². The molecule has 1 aromatic carbocycles. The molecule has 0 heterocycles. The van der Waals surface area contributed by atoms with Crippen molar-refractivity contribution in [2.75, 3.05) is 12.3 Å². The van der Waals surface area contributed by atoms with Gasteiger partial charge in [-0.05, 0) is 55.5 Å². The number of nitrogens with two attached hydrogens (primary N) is 2. The minimum Gasteiger partial charge on any atom is -0.399 e. The molecule has 1 aromatic rings. The fourth-order valence-corrected chi connectivity index (χ4v) is 1.59. The van der Waals surface area contributed by atoms with Crippen LogP contribution in [0.15, 0.2) is 18.2 Å². The van der Waals surface area contributed by atoms with Gasteiger partial charge in [0.25, 0.3) is 0 Å². The second-order valence-electron chi connectivity index (χ2n) is 3.67. The Hall–Kier alpha value is -1.02. The van der Waals surface area contributed by atoms with E-state index in [1.165, 1.54) is 30.4 Å². The molecular formula is C12H20N2. The zero-order valence-corrected chi connectivity index (χ0v) is 8.92. The van der Waals surface area contributed by atoms with Crippen LogP contribution in [0.2, 0.25) is 0 Å². The molecule has 14 heavy (non-hydrogen) atoms. The third kappa shape index (κ3) is 3.04. The van der Waals surface area contributed by atoms with E-state index >= 15 is 0 Å². The van der Waals surface area contributed by atoms with Crippen molar-refractivity contribution in [1.29, 1.82) is 0 Å². The third-order valence-electron chi connectivity index (χ3n) is 2.41. The predicted octanol–water partition coefficient (Wildman–Crippen LogP) is 2.11. The Kier molecular flexibility index (Phi) is 4.47. The van der Waals surface area contributed by atoms with E-state index in [1.807, 2.05) is 6.07 Å².